The number of hydrogen-bond acceptors (Lipinski definition) is 3. The zero-order valence-corrected chi connectivity index (χ0v) is 15.1. The van der Waals surface area contributed by atoms with Crippen molar-refractivity contribution in [3.8, 4) is 11.3 Å². The molecular weight excluding hydrogens is 348 g/mol. The minimum absolute atomic E-state index is 0.0442. The lowest BCUT2D eigenvalue weighted by Crippen LogP contribution is -2.39. The van der Waals surface area contributed by atoms with Crippen molar-refractivity contribution in [3.05, 3.63) is 77.2 Å². The van der Waals surface area contributed by atoms with Gasteiger partial charge >= 0.3 is 0 Å². The predicted molar refractivity (Wildman–Crippen MR) is 99.1 cm³/mol. The molecule has 2 aromatic carbocycles. The van der Waals surface area contributed by atoms with Crippen LogP contribution in [0.2, 0.25) is 0 Å². The fraction of sp³-hybridized carbons (Fsp3) is 0.286. The Hall–Kier alpha value is -2.57. The number of benzene rings is 2. The van der Waals surface area contributed by atoms with Crippen molar-refractivity contribution in [2.45, 2.75) is 19.5 Å². The zero-order chi connectivity index (χ0) is 18.8. The van der Waals surface area contributed by atoms with Gasteiger partial charge in [-0.1, -0.05) is 29.8 Å². The minimum Gasteiger partial charge on any atom is -0.378 e. The Balaban J connectivity index is 1.57. The van der Waals surface area contributed by atoms with Crippen molar-refractivity contribution in [1.82, 2.24) is 14.9 Å². The molecule has 0 aliphatic carbocycles. The Bertz CT molecular complexity index is 923. The molecule has 0 radical (unpaired) electrons. The second-order valence-corrected chi connectivity index (χ2v) is 6.85. The third-order valence-electron chi connectivity index (χ3n) is 4.88. The van der Waals surface area contributed by atoms with Crippen LogP contribution in [-0.4, -0.2) is 34.6 Å². The summed E-state index contributed by atoms with van der Waals surface area (Å²) >= 11 is 0. The Morgan fingerprint density at radius 1 is 1.19 bits per heavy atom. The quantitative estimate of drug-likeness (QED) is 0.748. The Morgan fingerprint density at radius 3 is 2.78 bits per heavy atom. The summed E-state index contributed by atoms with van der Waals surface area (Å²) in [5.74, 6) is -0.483. The van der Waals surface area contributed by atoms with Gasteiger partial charge in [-0.15, -0.1) is 0 Å². The smallest absolute Gasteiger partial charge is 0.135 e. The molecule has 4 nitrogen and oxygen atoms in total. The van der Waals surface area contributed by atoms with Crippen LogP contribution in [0.1, 0.15) is 23.0 Å². The fourth-order valence-electron chi connectivity index (χ4n) is 3.36. The van der Waals surface area contributed by atoms with E-state index in [1.807, 2.05) is 0 Å². The summed E-state index contributed by atoms with van der Waals surface area (Å²) in [5.41, 5.74) is 3.29. The van der Waals surface area contributed by atoms with Crippen LogP contribution in [0.3, 0.4) is 0 Å². The van der Waals surface area contributed by atoms with Crippen molar-refractivity contribution in [3.63, 3.8) is 0 Å². The molecule has 0 amide bonds. The highest BCUT2D eigenvalue weighted by Crippen LogP contribution is 2.28. The number of morpholine rings is 1. The maximum Gasteiger partial charge on any atom is 0.135 e. The molecule has 4 rings (SSSR count). The number of aromatic amines is 1. The van der Waals surface area contributed by atoms with Crippen molar-refractivity contribution in [2.24, 2.45) is 0 Å². The molecule has 0 spiro atoms. The number of hydrogen-bond donors (Lipinski definition) is 1. The van der Waals surface area contributed by atoms with Crippen LogP contribution in [-0.2, 0) is 11.3 Å². The summed E-state index contributed by atoms with van der Waals surface area (Å²) in [6, 6.07) is 12.0. The first-order chi connectivity index (χ1) is 13.1. The molecule has 1 saturated heterocycles. The lowest BCUT2D eigenvalue weighted by Gasteiger charge is -2.34. The van der Waals surface area contributed by atoms with E-state index in [0.717, 1.165) is 25.0 Å². The van der Waals surface area contributed by atoms with Gasteiger partial charge in [0.05, 0.1) is 31.1 Å². The molecule has 27 heavy (non-hydrogen) atoms. The van der Waals surface area contributed by atoms with Crippen molar-refractivity contribution < 1.29 is 13.5 Å². The number of ether oxygens (including phenoxy) is 1. The standard InChI is InChI=1S/C21H21F2N3O/c1-14-2-4-15(5-3-14)12-26-8-9-27-13-20(26)21-24-11-19(25-21)17-7-6-16(22)10-18(17)23/h2-7,10-11,20H,8-9,12-13H2,1H3,(H,24,25)/t20-/m0/s1. The normalized spacial score (nSPS) is 18.0. The number of nitrogens with zero attached hydrogens (tertiary/aromatic N) is 2. The monoisotopic (exact) mass is 369 g/mol. The van der Waals surface area contributed by atoms with E-state index in [-0.39, 0.29) is 6.04 Å². The number of nitrogens with one attached hydrogen (secondary N) is 1. The molecule has 1 fully saturated rings. The molecule has 0 unspecified atom stereocenters. The summed E-state index contributed by atoms with van der Waals surface area (Å²) in [6.45, 7) is 4.84. The molecule has 0 saturated carbocycles. The SMILES string of the molecule is Cc1ccc(CN2CCOC[C@H]2c2ncc(-c3ccc(F)cc3F)[nH]2)cc1. The van der Waals surface area contributed by atoms with Crippen molar-refractivity contribution >= 4 is 0 Å². The molecule has 0 bridgehead atoms. The van der Waals surface area contributed by atoms with Crippen LogP contribution < -0.4 is 0 Å². The molecule has 3 aromatic rings. The Kier molecular flexibility index (Phi) is 5.01. The lowest BCUT2D eigenvalue weighted by molar-refractivity contribution is -0.0156. The van der Waals surface area contributed by atoms with E-state index in [9.17, 15) is 8.78 Å². The molecule has 1 aliphatic heterocycles. The number of aryl methyl sites for hydroxylation is 1. The highest BCUT2D eigenvalue weighted by Gasteiger charge is 2.27. The van der Waals surface area contributed by atoms with Gasteiger partial charge in [0.25, 0.3) is 0 Å². The maximum absolute atomic E-state index is 14.1. The molecule has 2 heterocycles. The lowest BCUT2D eigenvalue weighted by atomic mass is 10.1. The van der Waals surface area contributed by atoms with Gasteiger partial charge in [0.2, 0.25) is 0 Å². The Labute approximate surface area is 156 Å². The number of halogens is 2. The molecule has 6 heteroatoms. The average Bonchev–Trinajstić information content (AvgIpc) is 3.14. The van der Waals surface area contributed by atoms with Crippen molar-refractivity contribution in [2.75, 3.05) is 19.8 Å². The van der Waals surface area contributed by atoms with E-state index in [0.29, 0.717) is 24.5 Å². The zero-order valence-electron chi connectivity index (χ0n) is 15.1. The van der Waals surface area contributed by atoms with E-state index in [2.05, 4.69) is 46.1 Å². The summed E-state index contributed by atoms with van der Waals surface area (Å²) in [6.07, 6.45) is 1.59. The molecule has 1 N–H and O–H groups in total. The minimum atomic E-state index is -0.610. The van der Waals surface area contributed by atoms with Gasteiger partial charge in [-0.25, -0.2) is 13.8 Å². The van der Waals surface area contributed by atoms with Gasteiger partial charge in [-0.05, 0) is 24.6 Å². The van der Waals surface area contributed by atoms with E-state index in [4.69, 9.17) is 4.74 Å². The van der Waals surface area contributed by atoms with E-state index in [1.54, 1.807) is 6.20 Å². The summed E-state index contributed by atoms with van der Waals surface area (Å²) in [5, 5.41) is 0. The van der Waals surface area contributed by atoms with Crippen LogP contribution >= 0.6 is 0 Å². The summed E-state index contributed by atoms with van der Waals surface area (Å²) in [7, 11) is 0. The first-order valence-electron chi connectivity index (χ1n) is 8.98. The van der Waals surface area contributed by atoms with Crippen LogP contribution in [0.15, 0.2) is 48.7 Å². The van der Waals surface area contributed by atoms with Crippen LogP contribution in [0.5, 0.6) is 0 Å². The third-order valence-corrected chi connectivity index (χ3v) is 4.88. The van der Waals surface area contributed by atoms with Crippen LogP contribution in [0.4, 0.5) is 8.78 Å². The number of rotatable bonds is 4. The summed E-state index contributed by atoms with van der Waals surface area (Å²) < 4.78 is 32.9. The van der Waals surface area contributed by atoms with E-state index < -0.39 is 11.6 Å². The average molecular weight is 369 g/mol. The first kappa shape index (κ1) is 17.8. The largest absolute Gasteiger partial charge is 0.378 e. The molecule has 1 atom stereocenters. The highest BCUT2D eigenvalue weighted by atomic mass is 19.1. The molecule has 140 valence electrons. The molecule has 1 aromatic heterocycles. The van der Waals surface area contributed by atoms with Gasteiger partial charge in [0, 0.05) is 24.7 Å². The van der Waals surface area contributed by atoms with Gasteiger partial charge in [-0.2, -0.15) is 0 Å². The van der Waals surface area contributed by atoms with Crippen LogP contribution in [0.25, 0.3) is 11.3 Å². The molecular formula is C21H21F2N3O. The second kappa shape index (κ2) is 7.58. The number of H-pyrrole nitrogens is 1. The number of imidazole rings is 1. The van der Waals surface area contributed by atoms with E-state index in [1.165, 1.54) is 23.3 Å². The van der Waals surface area contributed by atoms with Gasteiger partial charge in [-0.3, -0.25) is 4.90 Å². The second-order valence-electron chi connectivity index (χ2n) is 6.85. The topological polar surface area (TPSA) is 41.1 Å². The van der Waals surface area contributed by atoms with Gasteiger partial charge in [0.15, 0.2) is 0 Å². The Morgan fingerprint density at radius 2 is 2.00 bits per heavy atom. The highest BCUT2D eigenvalue weighted by molar-refractivity contribution is 5.59. The third kappa shape index (κ3) is 3.91. The van der Waals surface area contributed by atoms with Crippen LogP contribution in [0, 0.1) is 18.6 Å². The molecule has 1 aliphatic rings. The number of aromatic nitrogens is 2. The van der Waals surface area contributed by atoms with Gasteiger partial charge < -0.3 is 9.72 Å². The van der Waals surface area contributed by atoms with Crippen molar-refractivity contribution in [1.29, 1.82) is 0 Å². The van der Waals surface area contributed by atoms with E-state index >= 15 is 0 Å². The predicted octanol–water partition coefficient (Wildman–Crippen LogP) is 4.24. The summed E-state index contributed by atoms with van der Waals surface area (Å²) in [4.78, 5) is 9.94. The first-order valence-corrected chi connectivity index (χ1v) is 8.98. The maximum atomic E-state index is 14.1. The fourth-order valence-corrected chi connectivity index (χ4v) is 3.36. The van der Waals surface area contributed by atoms with Gasteiger partial charge in [0.1, 0.15) is 17.5 Å².